The average Bonchev–Trinajstić information content (AvgIpc) is 2.83. The van der Waals surface area contributed by atoms with Gasteiger partial charge in [0.05, 0.1) is 0 Å². The largest absolute Gasteiger partial charge is 0.347 e. The monoisotopic (exact) mass is 265 g/mol. The summed E-state index contributed by atoms with van der Waals surface area (Å²) in [6, 6.07) is 0. The van der Waals surface area contributed by atoms with Crippen LogP contribution in [0, 0.1) is 6.92 Å². The second-order valence-electron chi connectivity index (χ2n) is 5.61. The van der Waals surface area contributed by atoms with Gasteiger partial charge in [-0.05, 0) is 33.9 Å². The van der Waals surface area contributed by atoms with E-state index in [2.05, 4.69) is 39.5 Å². The fourth-order valence-electron chi connectivity index (χ4n) is 2.76. The van der Waals surface area contributed by atoms with E-state index >= 15 is 0 Å². The molecule has 0 saturated heterocycles. The first-order valence-corrected chi connectivity index (χ1v) is 6.88. The number of hydrogen-bond acceptors (Lipinski definition) is 4. The molecule has 1 aliphatic rings. The predicted molar refractivity (Wildman–Crippen MR) is 73.0 cm³/mol. The van der Waals surface area contributed by atoms with Crippen LogP contribution >= 0.6 is 0 Å². The molecule has 1 saturated carbocycles. The number of aromatic amines is 1. The molecule has 1 heterocycles. The summed E-state index contributed by atoms with van der Waals surface area (Å²) >= 11 is 0. The van der Waals surface area contributed by atoms with Crippen molar-refractivity contribution in [1.82, 2.24) is 25.4 Å². The summed E-state index contributed by atoms with van der Waals surface area (Å²) in [6.45, 7) is 2.44. The molecule has 0 atom stereocenters. The van der Waals surface area contributed by atoms with Crippen molar-refractivity contribution in [3.8, 4) is 0 Å². The number of nitrogens with one attached hydrogen (secondary N) is 2. The number of hydrogen-bond donors (Lipinski definition) is 2. The molecule has 2 N–H and O–H groups in total. The van der Waals surface area contributed by atoms with Crippen molar-refractivity contribution in [2.45, 2.75) is 44.6 Å². The minimum Gasteiger partial charge on any atom is -0.347 e. The summed E-state index contributed by atoms with van der Waals surface area (Å²) < 4.78 is 0. The molecule has 0 unspecified atom stereocenters. The molecule has 0 aliphatic heterocycles. The van der Waals surface area contributed by atoms with Crippen molar-refractivity contribution in [1.29, 1.82) is 0 Å². The molecule has 1 aliphatic carbocycles. The van der Waals surface area contributed by atoms with Crippen molar-refractivity contribution in [3.63, 3.8) is 0 Å². The molecule has 0 spiro atoms. The smallest absolute Gasteiger partial charge is 0.291 e. The van der Waals surface area contributed by atoms with Gasteiger partial charge in [-0.3, -0.25) is 9.89 Å². The minimum atomic E-state index is -0.198. The molecule has 0 radical (unpaired) electrons. The lowest BCUT2D eigenvalue weighted by molar-refractivity contribution is 0.0792. The lowest BCUT2D eigenvalue weighted by atomic mass is 9.80. The molecule has 0 aromatic carbocycles. The molecule has 1 amide bonds. The van der Waals surface area contributed by atoms with E-state index in [4.69, 9.17) is 0 Å². The quantitative estimate of drug-likeness (QED) is 0.855. The number of aryl methyl sites for hydroxylation is 1. The van der Waals surface area contributed by atoms with Crippen molar-refractivity contribution >= 4 is 5.91 Å². The Bertz CT molecular complexity index is 434. The number of carbonyl (C=O) groups excluding carboxylic acids is 1. The molecule has 1 fully saturated rings. The summed E-state index contributed by atoms with van der Waals surface area (Å²) in [4.78, 5) is 18.3. The van der Waals surface area contributed by atoms with Gasteiger partial charge < -0.3 is 10.2 Å². The number of amides is 1. The lowest BCUT2D eigenvalue weighted by Gasteiger charge is -2.43. The van der Waals surface area contributed by atoms with Crippen LogP contribution in [0.1, 0.15) is 48.5 Å². The Balaban J connectivity index is 1.97. The Kier molecular flexibility index (Phi) is 4.19. The second-order valence-corrected chi connectivity index (χ2v) is 5.61. The van der Waals surface area contributed by atoms with Gasteiger partial charge >= 0.3 is 0 Å². The normalized spacial score (nSPS) is 18.5. The maximum Gasteiger partial charge on any atom is 0.291 e. The SMILES string of the molecule is Cc1nc(C(=O)NCC2(N(C)C)CCCCC2)n[nH]1. The molecule has 1 aromatic heterocycles. The molecule has 0 bridgehead atoms. The second kappa shape index (κ2) is 5.69. The molecule has 106 valence electrons. The third-order valence-electron chi connectivity index (χ3n) is 4.11. The van der Waals surface area contributed by atoms with Crippen molar-refractivity contribution < 1.29 is 4.79 Å². The molecular formula is C13H23N5O. The van der Waals surface area contributed by atoms with Gasteiger partial charge in [0.15, 0.2) is 0 Å². The van der Waals surface area contributed by atoms with Gasteiger partial charge in [-0.2, -0.15) is 0 Å². The average molecular weight is 265 g/mol. The van der Waals surface area contributed by atoms with Crippen LogP contribution in [0.5, 0.6) is 0 Å². The number of likely N-dealkylation sites (N-methyl/N-ethyl adjacent to an activating group) is 1. The van der Waals surface area contributed by atoms with Crippen LogP contribution in [-0.4, -0.2) is 52.2 Å². The number of H-pyrrole nitrogens is 1. The van der Waals surface area contributed by atoms with Crippen molar-refractivity contribution in [3.05, 3.63) is 11.6 Å². The Morgan fingerprint density at radius 1 is 1.37 bits per heavy atom. The van der Waals surface area contributed by atoms with E-state index in [0.717, 1.165) is 12.8 Å². The molecule has 6 heteroatoms. The van der Waals surface area contributed by atoms with E-state index in [1.807, 2.05) is 0 Å². The number of rotatable bonds is 4. The van der Waals surface area contributed by atoms with Crippen LogP contribution in [0.15, 0.2) is 0 Å². The van der Waals surface area contributed by atoms with Gasteiger partial charge in [0.2, 0.25) is 5.82 Å². The summed E-state index contributed by atoms with van der Waals surface area (Å²) in [6.07, 6.45) is 6.02. The zero-order valence-electron chi connectivity index (χ0n) is 12.0. The fraction of sp³-hybridized carbons (Fsp3) is 0.769. The van der Waals surface area contributed by atoms with Gasteiger partial charge in [0, 0.05) is 12.1 Å². The first-order chi connectivity index (χ1) is 9.03. The number of carbonyl (C=O) groups is 1. The molecule has 1 aromatic rings. The molecule has 2 rings (SSSR count). The Morgan fingerprint density at radius 3 is 2.58 bits per heavy atom. The third-order valence-corrected chi connectivity index (χ3v) is 4.11. The first-order valence-electron chi connectivity index (χ1n) is 6.88. The van der Waals surface area contributed by atoms with Crippen LogP contribution in [0.4, 0.5) is 0 Å². The molecule has 6 nitrogen and oxygen atoms in total. The molecular weight excluding hydrogens is 242 g/mol. The summed E-state index contributed by atoms with van der Waals surface area (Å²) in [5, 5.41) is 9.55. The van der Waals surface area contributed by atoms with Crippen LogP contribution in [-0.2, 0) is 0 Å². The van der Waals surface area contributed by atoms with Crippen molar-refractivity contribution in [2.75, 3.05) is 20.6 Å². The van der Waals surface area contributed by atoms with Crippen LogP contribution in [0.2, 0.25) is 0 Å². The highest BCUT2D eigenvalue weighted by Crippen LogP contribution is 2.31. The number of nitrogens with zero attached hydrogens (tertiary/aromatic N) is 3. The summed E-state index contributed by atoms with van der Waals surface area (Å²) in [5.41, 5.74) is 0.0826. The Hall–Kier alpha value is -1.43. The van der Waals surface area contributed by atoms with Gasteiger partial charge in [-0.25, -0.2) is 4.98 Å². The number of aromatic nitrogens is 3. The van der Waals surface area contributed by atoms with Gasteiger partial charge in [0.1, 0.15) is 5.82 Å². The van der Waals surface area contributed by atoms with Crippen LogP contribution < -0.4 is 5.32 Å². The van der Waals surface area contributed by atoms with E-state index in [1.165, 1.54) is 19.3 Å². The van der Waals surface area contributed by atoms with Gasteiger partial charge in [0.25, 0.3) is 5.91 Å². The van der Waals surface area contributed by atoms with Crippen molar-refractivity contribution in [2.24, 2.45) is 0 Å². The topological polar surface area (TPSA) is 73.9 Å². The maximum atomic E-state index is 12.0. The van der Waals surface area contributed by atoms with Crippen LogP contribution in [0.25, 0.3) is 0 Å². The predicted octanol–water partition coefficient (Wildman–Crippen LogP) is 1.11. The lowest BCUT2D eigenvalue weighted by Crippen LogP contribution is -2.53. The highest BCUT2D eigenvalue weighted by Gasteiger charge is 2.34. The van der Waals surface area contributed by atoms with E-state index in [1.54, 1.807) is 6.92 Å². The van der Waals surface area contributed by atoms with E-state index in [9.17, 15) is 4.79 Å². The van der Waals surface area contributed by atoms with Gasteiger partial charge in [-0.15, -0.1) is 5.10 Å². The van der Waals surface area contributed by atoms with Crippen LogP contribution in [0.3, 0.4) is 0 Å². The zero-order chi connectivity index (χ0) is 13.9. The van der Waals surface area contributed by atoms with E-state index in [0.29, 0.717) is 12.4 Å². The standard InChI is InChI=1S/C13H23N5O/c1-10-15-11(17-16-10)12(19)14-9-13(18(2)3)7-5-4-6-8-13/h4-9H2,1-3H3,(H,14,19)(H,15,16,17). The third kappa shape index (κ3) is 3.12. The minimum absolute atomic E-state index is 0.0826. The highest BCUT2D eigenvalue weighted by atomic mass is 16.2. The maximum absolute atomic E-state index is 12.0. The molecule has 19 heavy (non-hydrogen) atoms. The highest BCUT2D eigenvalue weighted by molar-refractivity contribution is 5.90. The summed E-state index contributed by atoms with van der Waals surface area (Å²) in [5.74, 6) is 0.684. The first kappa shape index (κ1) is 14.0. The van der Waals surface area contributed by atoms with E-state index < -0.39 is 0 Å². The fourth-order valence-corrected chi connectivity index (χ4v) is 2.76. The summed E-state index contributed by atoms with van der Waals surface area (Å²) in [7, 11) is 4.18. The van der Waals surface area contributed by atoms with E-state index in [-0.39, 0.29) is 17.3 Å². The zero-order valence-corrected chi connectivity index (χ0v) is 12.0. The Labute approximate surface area is 114 Å². The van der Waals surface area contributed by atoms with Gasteiger partial charge in [-0.1, -0.05) is 19.3 Å². The Morgan fingerprint density at radius 2 is 2.05 bits per heavy atom.